The Kier molecular flexibility index (Phi) is 37.0. The fraction of sp³-hybridized carbons (Fsp3) is 0.444. The largest absolute Gasteiger partial charge is 0.464 e. The Labute approximate surface area is 837 Å². The van der Waals surface area contributed by atoms with E-state index in [2.05, 4.69) is 52.5 Å². The molecule has 3 aromatic heterocycles. The third-order valence-corrected chi connectivity index (χ3v) is 23.6. The predicted molar refractivity (Wildman–Crippen MR) is 544 cm³/mol. The first kappa shape index (κ1) is 113. The number of fused-ring (bicyclic) bond motifs is 8. The number of benzene rings is 4. The zero-order chi connectivity index (χ0) is 107. The first-order valence-corrected chi connectivity index (χ1v) is 48.3. The Bertz CT molecular complexity index is 5490. The molecule has 10 N–H and O–H groups in total. The summed E-state index contributed by atoms with van der Waals surface area (Å²) in [5, 5.41) is 22.3. The molecule has 5 heterocycles. The number of aromatic nitrogens is 4. The molecule has 8 unspecified atom stereocenters. The summed E-state index contributed by atoms with van der Waals surface area (Å²) in [5.74, 6) is -15.0. The number of esters is 8. The van der Waals surface area contributed by atoms with E-state index in [-0.39, 0.29) is 187 Å². The van der Waals surface area contributed by atoms with Gasteiger partial charge in [-0.3, -0.25) is 38.4 Å². The highest BCUT2D eigenvalue weighted by atomic mass is 16.6. The maximum absolute atomic E-state index is 16.3. The molecule has 36 nitrogen and oxygen atoms in total. The lowest BCUT2D eigenvalue weighted by Crippen LogP contribution is -2.41. The summed E-state index contributed by atoms with van der Waals surface area (Å²) in [5.41, 5.74) is -8.53. The van der Waals surface area contributed by atoms with Crippen molar-refractivity contribution in [3.8, 4) is 44.5 Å². The average molecular weight is 1980 g/mol. The lowest BCUT2D eigenvalue weighted by Gasteiger charge is -2.25. The van der Waals surface area contributed by atoms with Gasteiger partial charge in [-0.05, 0) is 252 Å². The fourth-order valence-electron chi connectivity index (χ4n) is 15.9. The Hall–Kier alpha value is -15.0. The van der Waals surface area contributed by atoms with E-state index in [0.29, 0.717) is 22.3 Å². The van der Waals surface area contributed by atoms with E-state index in [1.54, 1.807) is 138 Å². The average Bonchev–Trinajstić information content (AvgIpc) is 1.62. The van der Waals surface area contributed by atoms with Crippen LogP contribution >= 0.6 is 0 Å². The number of nitrogens with one attached hydrogen (secondary N) is 10. The number of hydrogen-bond acceptors (Lipinski definition) is 26. The summed E-state index contributed by atoms with van der Waals surface area (Å²) < 4.78 is 43.7. The van der Waals surface area contributed by atoms with Crippen LogP contribution in [0.2, 0.25) is 0 Å². The van der Waals surface area contributed by atoms with Crippen LogP contribution in [-0.4, -0.2) is 216 Å². The molecule has 8 bridgehead atoms. The summed E-state index contributed by atoms with van der Waals surface area (Å²) in [6.45, 7) is 44.2. The van der Waals surface area contributed by atoms with Gasteiger partial charge in [-0.2, -0.15) is 0 Å². The van der Waals surface area contributed by atoms with E-state index in [1.165, 1.54) is 152 Å². The summed E-state index contributed by atoms with van der Waals surface area (Å²) in [6, 6.07) is 6.57. The SMILES string of the molecule is CCOC(=O)C(C)NC(=O)c1cc(C(C)(C)C)cc(C(=O)NC(C)C(=O)OCC)c1-c1c2nc(c(-c3c(C(=O)NC(C)C(=O)OCC)cc(C(C)(C)C)cc3C(=O)NC(C)C(=O)OCC)c3ccc([nH]3)c(-c3c(C(=O)NC(C)C(=O)OCC)cc(C(C)(C)C)cc3C(=O)NC(C)C(=O)OCC)c3nc(c(-c4c(C(=O)NC(C)C(=O)OCC)cc(C(C)(C)C)cc4C(=O)NC(C)C(=O)OCC)c4ccc1[nH]4)C=C3)C=C2. The van der Waals surface area contributed by atoms with Gasteiger partial charge < -0.3 is 90.4 Å². The summed E-state index contributed by atoms with van der Waals surface area (Å²) in [7, 11) is 0. The van der Waals surface area contributed by atoms with Crippen LogP contribution < -0.4 is 42.5 Å². The molecule has 2 aliphatic rings. The number of H-pyrrole nitrogens is 2. The molecule has 8 amide bonds. The molecule has 8 atom stereocenters. The minimum atomic E-state index is -1.42. The van der Waals surface area contributed by atoms with Crippen LogP contribution in [0.5, 0.6) is 0 Å². The highest BCUT2D eigenvalue weighted by molar-refractivity contribution is 6.20. The molecule has 7 aromatic rings. The van der Waals surface area contributed by atoms with E-state index >= 15 is 38.4 Å². The number of carbonyl (C=O) groups excluding carboxylic acids is 16. The molecule has 9 rings (SSSR count). The Morgan fingerprint density at radius 1 is 0.229 bits per heavy atom. The number of aromatic amines is 2. The highest BCUT2D eigenvalue weighted by Crippen LogP contribution is 2.47. The van der Waals surface area contributed by atoms with Crippen LogP contribution in [0.1, 0.15) is 322 Å². The molecule has 4 aromatic carbocycles. The second kappa shape index (κ2) is 47.3. The number of nitrogens with zero attached hydrogens (tertiary/aromatic N) is 2. The monoisotopic (exact) mass is 1980 g/mol. The predicted octanol–water partition coefficient (Wildman–Crippen LogP) is 14.0. The smallest absolute Gasteiger partial charge is 0.328 e. The van der Waals surface area contributed by atoms with E-state index in [0.717, 1.165) is 0 Å². The van der Waals surface area contributed by atoms with Crippen molar-refractivity contribution in [2.45, 2.75) is 264 Å². The second-order valence-electron chi connectivity index (χ2n) is 38.9. The minimum Gasteiger partial charge on any atom is -0.464 e. The molecule has 0 spiro atoms. The third-order valence-electron chi connectivity index (χ3n) is 23.6. The summed E-state index contributed by atoms with van der Waals surface area (Å²) in [6.07, 6.45) is 5.85. The lowest BCUT2D eigenvalue weighted by molar-refractivity contribution is -0.145. The summed E-state index contributed by atoms with van der Waals surface area (Å²) >= 11 is 0. The van der Waals surface area contributed by atoms with Crippen LogP contribution in [0.15, 0.2) is 72.8 Å². The van der Waals surface area contributed by atoms with Crippen molar-refractivity contribution in [1.29, 1.82) is 0 Å². The normalized spacial score (nSPS) is 13.5. The first-order valence-electron chi connectivity index (χ1n) is 48.3. The van der Waals surface area contributed by atoms with Crippen molar-refractivity contribution < 1.29 is 115 Å². The third kappa shape index (κ3) is 26.3. The van der Waals surface area contributed by atoms with Crippen LogP contribution in [0.25, 0.3) is 90.9 Å². The quantitative estimate of drug-likeness (QED) is 0.0129. The fourth-order valence-corrected chi connectivity index (χ4v) is 15.9. The molecule has 0 aliphatic carbocycles. The van der Waals surface area contributed by atoms with Crippen LogP contribution in [0.3, 0.4) is 0 Å². The Balaban J connectivity index is 1.80. The van der Waals surface area contributed by atoms with Gasteiger partial charge in [0.1, 0.15) is 48.3 Å². The second-order valence-corrected chi connectivity index (χ2v) is 38.9. The van der Waals surface area contributed by atoms with Crippen LogP contribution in [0.4, 0.5) is 0 Å². The van der Waals surface area contributed by atoms with E-state index in [4.69, 9.17) is 47.9 Å². The molecule has 0 fully saturated rings. The van der Waals surface area contributed by atoms with Gasteiger partial charge in [-0.15, -0.1) is 0 Å². The van der Waals surface area contributed by atoms with E-state index in [1.807, 2.05) is 0 Å². The molecule has 0 saturated carbocycles. The molecular formula is C108H134N12O24. The van der Waals surface area contributed by atoms with Gasteiger partial charge in [0.2, 0.25) is 0 Å². The summed E-state index contributed by atoms with van der Waals surface area (Å²) in [4.78, 5) is 261. The van der Waals surface area contributed by atoms with Gasteiger partial charge in [0.05, 0.1) is 75.6 Å². The van der Waals surface area contributed by atoms with Crippen LogP contribution in [0, 0.1) is 0 Å². The highest BCUT2D eigenvalue weighted by Gasteiger charge is 2.40. The van der Waals surface area contributed by atoms with Gasteiger partial charge >= 0.3 is 47.8 Å². The van der Waals surface area contributed by atoms with Crippen molar-refractivity contribution in [3.05, 3.63) is 162 Å². The Morgan fingerprint density at radius 2 is 0.354 bits per heavy atom. The lowest BCUT2D eigenvalue weighted by atomic mass is 9.81. The number of amides is 8. The molecule has 144 heavy (non-hydrogen) atoms. The molecule has 2 aliphatic heterocycles. The van der Waals surface area contributed by atoms with Gasteiger partial charge in [0.25, 0.3) is 47.3 Å². The maximum atomic E-state index is 16.3. The van der Waals surface area contributed by atoms with Gasteiger partial charge in [-0.25, -0.2) is 48.3 Å². The van der Waals surface area contributed by atoms with Crippen LogP contribution in [-0.2, 0) is 97.9 Å². The first-order chi connectivity index (χ1) is 67.5. The number of rotatable bonds is 36. The standard InChI is InChI=1S/C108H134N12O24/c1-29-137-97(129)53(9)109-89(121)65-45-61(105(17,18)19)46-66(90(122)110-54(10)98(130)138-30-2)81(65)85-73-37-39-75(117-73)86(82-67(91(123)111-55(11)99(131)139-31-3)47-62(106(20,21)22)48-68(82)92(124)112-56(12)100(132)140-32-4)77-41-43-79(119-77)88(84-71(95(127)115-59(15)103(135)143-35-7)51-64(108(26,27)28)52-72(84)96(128)116-60(16)104(136)144-36-8)80-44-42-78(120-80)87(76-40-38-74(85)118-76)83-69(93(125)113-57(13)101(133)141-33-5)49-63(107(23,24)25)50-70(83)94(126)114-58(14)102(134)142-34-6/h37-60,117,120H,29-36H2,1-28H3,(H,109,121)(H,110,122)(H,111,123)(H,112,124)(H,113,125)(H,114,126)(H,115,127)(H,116,128). The van der Waals surface area contributed by atoms with Gasteiger partial charge in [0, 0.05) is 111 Å². The van der Waals surface area contributed by atoms with E-state index in [9.17, 15) is 38.4 Å². The molecule has 36 heteroatoms. The molecule has 0 saturated heterocycles. The van der Waals surface area contributed by atoms with Crippen molar-refractivity contribution in [2.75, 3.05) is 52.9 Å². The van der Waals surface area contributed by atoms with Gasteiger partial charge in [0.15, 0.2) is 0 Å². The minimum absolute atomic E-state index is 0.115. The molecular weight excluding hydrogens is 1850 g/mol. The van der Waals surface area contributed by atoms with Crippen molar-refractivity contribution in [3.63, 3.8) is 0 Å². The number of ether oxygens (including phenoxy) is 8. The van der Waals surface area contributed by atoms with E-state index < -0.39 is 165 Å². The van der Waals surface area contributed by atoms with Crippen molar-refractivity contribution in [2.24, 2.45) is 0 Å². The molecule has 0 radical (unpaired) electrons. The molecule has 770 valence electrons. The van der Waals surface area contributed by atoms with Crippen molar-refractivity contribution >= 4 is 141 Å². The number of carbonyl (C=O) groups is 16. The topological polar surface area (TPSA) is 501 Å². The van der Waals surface area contributed by atoms with Crippen molar-refractivity contribution in [1.82, 2.24) is 62.5 Å². The maximum Gasteiger partial charge on any atom is 0.328 e. The number of hydrogen-bond donors (Lipinski definition) is 10. The zero-order valence-electron chi connectivity index (χ0n) is 87.2. The Morgan fingerprint density at radius 3 is 0.465 bits per heavy atom. The van der Waals surface area contributed by atoms with Gasteiger partial charge in [-0.1, -0.05) is 83.1 Å². The zero-order valence-corrected chi connectivity index (χ0v) is 87.2.